The normalized spacial score (nSPS) is 24.6. The first-order valence-electron chi connectivity index (χ1n) is 13.8. The molecular weight excluding hydrogens is 551 g/mol. The summed E-state index contributed by atoms with van der Waals surface area (Å²) in [4.78, 5) is 47.9. The van der Waals surface area contributed by atoms with Gasteiger partial charge >= 0.3 is 0 Å². The van der Waals surface area contributed by atoms with Crippen LogP contribution in [0.1, 0.15) is 23.5 Å². The predicted molar refractivity (Wildman–Crippen MR) is 143 cm³/mol. The second-order valence-electron chi connectivity index (χ2n) is 10.1. The molecule has 1 aliphatic carbocycles. The zero-order valence-electron chi connectivity index (χ0n) is 23.9. The number of carbonyl (C=O) groups is 2. The minimum absolute atomic E-state index is 0.0515. The number of pyridine rings is 2. The average Bonchev–Trinajstić information content (AvgIpc) is 3.54. The quantitative estimate of drug-likeness (QED) is 0.477. The van der Waals surface area contributed by atoms with Crippen molar-refractivity contribution in [3.8, 4) is 17.0 Å². The molecule has 2 aliphatic heterocycles. The van der Waals surface area contributed by atoms with Crippen molar-refractivity contribution >= 4 is 45.8 Å². The first kappa shape index (κ1) is 22.7. The van der Waals surface area contributed by atoms with E-state index in [1.807, 2.05) is 0 Å². The Balaban J connectivity index is 1.72. The van der Waals surface area contributed by atoms with Crippen LogP contribution >= 0.6 is 11.6 Å². The number of phenols is 1. The Morgan fingerprint density at radius 3 is 2.65 bits per heavy atom. The number of aromatic nitrogens is 2. The molecule has 2 fully saturated rings. The number of hydrogen-bond acceptors (Lipinski definition) is 6. The van der Waals surface area contributed by atoms with Crippen LogP contribution in [0, 0.1) is 5.82 Å². The Hall–Kier alpha value is -4.06. The predicted octanol–water partition coefficient (Wildman–Crippen LogP) is 3.71. The van der Waals surface area contributed by atoms with Crippen LogP contribution in [0.4, 0.5) is 24.5 Å². The lowest BCUT2D eigenvalue weighted by Gasteiger charge is -2.49. The highest BCUT2D eigenvalue weighted by Crippen LogP contribution is 2.54. The number of phenolic OH excluding ortho intramolecular Hbond substituents is 1. The third-order valence-corrected chi connectivity index (χ3v) is 7.92. The van der Waals surface area contributed by atoms with Crippen molar-refractivity contribution in [3.63, 3.8) is 0 Å². The summed E-state index contributed by atoms with van der Waals surface area (Å²) in [6, 6.07) is 1.09. The minimum atomic E-state index is -3.36. The Morgan fingerprint density at radius 2 is 2.02 bits per heavy atom. The molecule has 3 atom stereocenters. The van der Waals surface area contributed by atoms with Crippen molar-refractivity contribution in [1.82, 2.24) is 14.5 Å². The van der Waals surface area contributed by atoms with E-state index in [2.05, 4.69) is 11.6 Å². The van der Waals surface area contributed by atoms with E-state index >= 15 is 0 Å². The van der Waals surface area contributed by atoms with Crippen molar-refractivity contribution in [2.75, 3.05) is 29.9 Å². The molecule has 9 nitrogen and oxygen atoms in total. The van der Waals surface area contributed by atoms with Crippen LogP contribution in [0.3, 0.4) is 0 Å². The van der Waals surface area contributed by atoms with Gasteiger partial charge in [-0.1, -0.05) is 24.2 Å². The number of halogens is 4. The monoisotopic (exact) mass is 576 g/mol. The van der Waals surface area contributed by atoms with Gasteiger partial charge in [-0.3, -0.25) is 19.0 Å². The summed E-state index contributed by atoms with van der Waals surface area (Å²) in [5.74, 6) is -6.36. The Morgan fingerprint density at radius 1 is 1.30 bits per heavy atom. The number of aromatic hydroxyl groups is 1. The molecule has 2 amide bonds. The van der Waals surface area contributed by atoms with Gasteiger partial charge in [0.2, 0.25) is 5.91 Å². The summed E-state index contributed by atoms with van der Waals surface area (Å²) in [5, 5.41) is 10.1. The fourth-order valence-electron chi connectivity index (χ4n) is 5.58. The lowest BCUT2D eigenvalue weighted by Crippen LogP contribution is -2.66. The van der Waals surface area contributed by atoms with Gasteiger partial charge in [0.25, 0.3) is 17.4 Å². The van der Waals surface area contributed by atoms with Gasteiger partial charge in [0.15, 0.2) is 0 Å². The maximum atomic E-state index is 14.9. The van der Waals surface area contributed by atoms with Crippen LogP contribution in [-0.4, -0.2) is 69.4 Å². The highest BCUT2D eigenvalue weighted by Gasteiger charge is 2.60. The van der Waals surface area contributed by atoms with Crippen molar-refractivity contribution in [2.45, 2.75) is 37.4 Å². The first-order valence-corrected chi connectivity index (χ1v) is 12.6. The molecule has 1 saturated heterocycles. The van der Waals surface area contributed by atoms with Gasteiger partial charge < -0.3 is 19.8 Å². The first-order chi connectivity index (χ1) is 20.1. The van der Waals surface area contributed by atoms with Gasteiger partial charge in [0.05, 0.1) is 28.5 Å². The summed E-state index contributed by atoms with van der Waals surface area (Å²) < 4.78 is 69.0. The van der Waals surface area contributed by atoms with Crippen LogP contribution in [0.5, 0.6) is 5.75 Å². The molecule has 6 rings (SSSR count). The van der Waals surface area contributed by atoms with E-state index in [0.717, 1.165) is 12.1 Å². The molecule has 0 bridgehead atoms. The molecule has 3 aliphatic rings. The Labute approximate surface area is 234 Å². The summed E-state index contributed by atoms with van der Waals surface area (Å²) >= 11 is 6.56. The second-order valence-corrected chi connectivity index (χ2v) is 10.5. The molecule has 1 saturated carbocycles. The van der Waals surface area contributed by atoms with E-state index in [0.29, 0.717) is 9.47 Å². The van der Waals surface area contributed by atoms with E-state index < -0.39 is 77.6 Å². The Bertz CT molecular complexity index is 1800. The summed E-state index contributed by atoms with van der Waals surface area (Å²) in [5.41, 5.74) is -3.13. The van der Waals surface area contributed by atoms with Crippen LogP contribution < -0.4 is 15.4 Å². The van der Waals surface area contributed by atoms with Crippen LogP contribution in [0.2, 0.25) is 5.02 Å². The van der Waals surface area contributed by atoms with E-state index in [4.69, 9.17) is 15.7 Å². The molecule has 0 radical (unpaired) electrons. The molecule has 2 aromatic heterocycles. The van der Waals surface area contributed by atoms with Gasteiger partial charge in [-0.2, -0.15) is 0 Å². The molecule has 13 heteroatoms. The van der Waals surface area contributed by atoms with Crippen LogP contribution in [-0.2, 0) is 9.59 Å². The van der Waals surface area contributed by atoms with Crippen LogP contribution in [0.15, 0.2) is 41.7 Å². The smallest absolute Gasteiger partial charge is 0.278 e. The molecule has 40 heavy (non-hydrogen) atoms. The topological polar surface area (TPSA) is 99.0 Å². The van der Waals surface area contributed by atoms with E-state index in [9.17, 15) is 32.7 Å². The maximum absolute atomic E-state index is 14.9. The van der Waals surface area contributed by atoms with Gasteiger partial charge in [-0.25, -0.2) is 18.2 Å². The molecular formula is C27H23ClF3N5O4. The van der Waals surface area contributed by atoms with Crippen LogP contribution in [0.25, 0.3) is 22.3 Å². The molecule has 1 aromatic carbocycles. The summed E-state index contributed by atoms with van der Waals surface area (Å²) in [6.45, 7) is 1.62. The number of likely N-dealkylation sites (N-methyl/N-ethyl adjacent to an activating group) is 1. The van der Waals surface area contributed by atoms with E-state index in [1.165, 1.54) is 28.0 Å². The van der Waals surface area contributed by atoms with Crippen molar-refractivity contribution in [1.29, 1.82) is 0 Å². The highest BCUT2D eigenvalue weighted by molar-refractivity contribution is 6.34. The van der Waals surface area contributed by atoms with E-state index in [-0.39, 0.29) is 40.5 Å². The number of hydrogen-bond donors (Lipinski definition) is 1. The minimum Gasteiger partial charge on any atom is -0.507 e. The Kier molecular flexibility index (Phi) is 4.95. The molecule has 4 heterocycles. The highest BCUT2D eigenvalue weighted by atomic mass is 35.5. The number of anilines is 2. The molecule has 1 N–H and O–H groups in total. The average molecular weight is 577 g/mol. The number of carbonyl (C=O) groups excluding carboxylic acids is 2. The zero-order chi connectivity index (χ0) is 31.3. The van der Waals surface area contributed by atoms with Crippen molar-refractivity contribution in [2.24, 2.45) is 0 Å². The van der Waals surface area contributed by atoms with Crippen molar-refractivity contribution in [3.05, 3.63) is 58.1 Å². The van der Waals surface area contributed by atoms with Gasteiger partial charge in [0, 0.05) is 35.5 Å². The largest absolute Gasteiger partial charge is 0.507 e. The van der Waals surface area contributed by atoms with Gasteiger partial charge in [0.1, 0.15) is 35.0 Å². The fourth-order valence-corrected chi connectivity index (χ4v) is 5.82. The molecule has 1 unspecified atom stereocenters. The lowest BCUT2D eigenvalue weighted by molar-refractivity contribution is -0.130. The maximum Gasteiger partial charge on any atom is 0.278 e. The second kappa shape index (κ2) is 8.72. The summed E-state index contributed by atoms with van der Waals surface area (Å²) in [7, 11) is 0. The number of alkyl halides is 2. The third kappa shape index (κ3) is 3.61. The molecule has 0 spiro atoms. The number of fused-ring (bicyclic) bond motifs is 5. The van der Waals surface area contributed by atoms with E-state index in [1.54, 1.807) is 6.92 Å². The number of benzene rings is 1. The zero-order valence-corrected chi connectivity index (χ0v) is 21.6. The number of nitrogens with zero attached hydrogens (tertiary/aromatic N) is 5. The number of piperazine rings is 1. The van der Waals surface area contributed by atoms with Gasteiger partial charge in [-0.05, 0) is 31.2 Å². The SMILES string of the molecule is [2H]C([2H])([2H])N1C(=O)[C@H]2CN(C(=O)C=C)[C@H](C)CN2c2c1c(=O)n(C1CC1(F)F)c1nc(-c3c(O)cccc3F)c(Cl)cc21. The fraction of sp³-hybridized carbons (Fsp3) is 0.333. The lowest BCUT2D eigenvalue weighted by atomic mass is 9.98. The molecule has 208 valence electrons. The number of amides is 2. The molecule has 3 aromatic rings. The van der Waals surface area contributed by atoms with Crippen molar-refractivity contribution < 1.29 is 32.0 Å². The number of rotatable bonds is 3. The summed E-state index contributed by atoms with van der Waals surface area (Å²) in [6.07, 6.45) is 0.289. The third-order valence-electron chi connectivity index (χ3n) is 7.63. The van der Waals surface area contributed by atoms with Gasteiger partial charge in [-0.15, -0.1) is 0 Å². The standard InChI is InChI=1S/C27H23ClF3N5O4/c1-4-19(38)34-11-16-25(39)33(3)23-22(35(16)10-12(34)2)13-8-14(28)21(20-15(29)6-5-7-17(20)37)32-24(13)36(26(23)40)18-9-27(18,30)31/h4-8,12,16,18,37H,1,9-11H2,2-3H3/t12-,16-,18?/m1/s1/i3D3.